The van der Waals surface area contributed by atoms with Gasteiger partial charge < -0.3 is 25.6 Å². The first-order valence-electron chi connectivity index (χ1n) is 11.8. The summed E-state index contributed by atoms with van der Waals surface area (Å²) in [6, 6.07) is 8.44. The minimum atomic E-state index is -0.0493. The number of benzene rings is 1. The van der Waals surface area contributed by atoms with Crippen molar-refractivity contribution in [2.24, 2.45) is 4.99 Å². The zero-order valence-corrected chi connectivity index (χ0v) is 19.2. The third-order valence-electron chi connectivity index (χ3n) is 6.24. The van der Waals surface area contributed by atoms with Crippen LogP contribution >= 0.6 is 0 Å². The molecule has 2 fully saturated rings. The van der Waals surface area contributed by atoms with Crippen LogP contribution in [-0.2, 0) is 11.3 Å². The molecule has 2 aliphatic rings. The molecule has 3 rings (SSSR count). The molecule has 7 heteroatoms. The number of piperidine rings is 1. The van der Waals surface area contributed by atoms with Crippen molar-refractivity contribution in [2.45, 2.75) is 64.1 Å². The number of nitrogens with one attached hydrogen (secondary N) is 3. The van der Waals surface area contributed by atoms with E-state index in [4.69, 9.17) is 4.74 Å². The molecule has 172 valence electrons. The Kier molecular flexibility index (Phi) is 9.62. The lowest BCUT2D eigenvalue weighted by atomic mass is 10.0. The number of ether oxygens (including phenoxy) is 1. The van der Waals surface area contributed by atoms with Gasteiger partial charge in [0.15, 0.2) is 5.96 Å². The van der Waals surface area contributed by atoms with Crippen LogP contribution in [0.5, 0.6) is 0 Å². The zero-order chi connectivity index (χ0) is 21.9. The van der Waals surface area contributed by atoms with Crippen molar-refractivity contribution in [1.82, 2.24) is 20.9 Å². The summed E-state index contributed by atoms with van der Waals surface area (Å²) in [5.74, 6) is 0.742. The van der Waals surface area contributed by atoms with Crippen molar-refractivity contribution < 1.29 is 9.53 Å². The van der Waals surface area contributed by atoms with Gasteiger partial charge in [-0.2, -0.15) is 0 Å². The Morgan fingerprint density at radius 2 is 2.10 bits per heavy atom. The highest BCUT2D eigenvalue weighted by Gasteiger charge is 2.18. The quantitative estimate of drug-likeness (QED) is 0.319. The third kappa shape index (κ3) is 7.82. The van der Waals surface area contributed by atoms with E-state index in [0.29, 0.717) is 24.7 Å². The third-order valence-corrected chi connectivity index (χ3v) is 6.24. The van der Waals surface area contributed by atoms with Gasteiger partial charge in [-0.05, 0) is 63.3 Å². The van der Waals surface area contributed by atoms with Gasteiger partial charge in [0.2, 0.25) is 0 Å². The van der Waals surface area contributed by atoms with E-state index in [0.717, 1.165) is 50.5 Å². The average Bonchev–Trinajstić information content (AvgIpc) is 3.32. The number of hydrogen-bond donors (Lipinski definition) is 3. The van der Waals surface area contributed by atoms with Crippen molar-refractivity contribution in [3.05, 3.63) is 35.4 Å². The first-order chi connectivity index (χ1) is 15.2. The van der Waals surface area contributed by atoms with Gasteiger partial charge in [0.05, 0.1) is 6.10 Å². The zero-order valence-electron chi connectivity index (χ0n) is 19.2. The number of hydrogen-bond acceptors (Lipinski definition) is 4. The fraction of sp³-hybridized carbons (Fsp3) is 0.667. The maximum absolute atomic E-state index is 12.4. The SMILES string of the molecule is CN=C(NCCCN1CCCCC1C)NCc1cccc(C(=O)NCC2CCCO2)c1. The monoisotopic (exact) mass is 429 g/mol. The molecule has 1 aromatic carbocycles. The molecule has 1 aromatic rings. The molecular formula is C24H39N5O2. The highest BCUT2D eigenvalue weighted by Crippen LogP contribution is 2.16. The fourth-order valence-corrected chi connectivity index (χ4v) is 4.32. The lowest BCUT2D eigenvalue weighted by molar-refractivity contribution is 0.0857. The molecular weight excluding hydrogens is 390 g/mol. The number of amides is 1. The Hall–Kier alpha value is -2.12. The summed E-state index contributed by atoms with van der Waals surface area (Å²) >= 11 is 0. The van der Waals surface area contributed by atoms with E-state index in [1.165, 1.54) is 25.8 Å². The molecule has 2 heterocycles. The Labute approximate surface area is 187 Å². The van der Waals surface area contributed by atoms with Crippen molar-refractivity contribution in [3.63, 3.8) is 0 Å². The van der Waals surface area contributed by atoms with E-state index in [-0.39, 0.29) is 12.0 Å². The van der Waals surface area contributed by atoms with Crippen LogP contribution < -0.4 is 16.0 Å². The number of carbonyl (C=O) groups excluding carboxylic acids is 1. The molecule has 0 spiro atoms. The summed E-state index contributed by atoms with van der Waals surface area (Å²) in [6.45, 7) is 7.59. The van der Waals surface area contributed by atoms with Gasteiger partial charge in [-0.3, -0.25) is 9.79 Å². The largest absolute Gasteiger partial charge is 0.376 e. The predicted molar refractivity (Wildman–Crippen MR) is 125 cm³/mol. The van der Waals surface area contributed by atoms with Gasteiger partial charge in [-0.25, -0.2) is 0 Å². The highest BCUT2D eigenvalue weighted by molar-refractivity contribution is 5.94. The van der Waals surface area contributed by atoms with Crippen LogP contribution in [0.1, 0.15) is 61.4 Å². The molecule has 2 atom stereocenters. The van der Waals surface area contributed by atoms with Crippen LogP contribution in [0.3, 0.4) is 0 Å². The Balaban J connectivity index is 1.37. The number of aliphatic imine (C=N–C) groups is 1. The molecule has 0 bridgehead atoms. The molecule has 0 aliphatic carbocycles. The lowest BCUT2D eigenvalue weighted by Crippen LogP contribution is -2.41. The summed E-state index contributed by atoms with van der Waals surface area (Å²) in [5.41, 5.74) is 1.73. The summed E-state index contributed by atoms with van der Waals surface area (Å²) < 4.78 is 5.57. The second-order valence-corrected chi connectivity index (χ2v) is 8.63. The Morgan fingerprint density at radius 1 is 1.19 bits per heavy atom. The summed E-state index contributed by atoms with van der Waals surface area (Å²) in [5, 5.41) is 9.74. The fourth-order valence-electron chi connectivity index (χ4n) is 4.32. The molecule has 0 radical (unpaired) electrons. The minimum Gasteiger partial charge on any atom is -0.376 e. The smallest absolute Gasteiger partial charge is 0.251 e. The molecule has 2 saturated heterocycles. The number of nitrogens with zero attached hydrogens (tertiary/aromatic N) is 2. The van der Waals surface area contributed by atoms with E-state index >= 15 is 0 Å². The normalized spacial score (nSPS) is 22.3. The molecule has 0 saturated carbocycles. The van der Waals surface area contributed by atoms with Gasteiger partial charge in [0.25, 0.3) is 5.91 Å². The van der Waals surface area contributed by atoms with Crippen LogP contribution in [0.4, 0.5) is 0 Å². The van der Waals surface area contributed by atoms with E-state index in [1.54, 1.807) is 7.05 Å². The van der Waals surface area contributed by atoms with Gasteiger partial charge >= 0.3 is 0 Å². The predicted octanol–water partition coefficient (Wildman–Crippen LogP) is 2.52. The van der Waals surface area contributed by atoms with E-state index in [2.05, 4.69) is 32.8 Å². The second-order valence-electron chi connectivity index (χ2n) is 8.63. The standard InChI is InChI=1S/C24H39N5O2/c1-19-8-3-4-13-29(19)14-7-12-26-24(25-2)28-17-20-9-5-10-21(16-20)23(30)27-18-22-11-6-15-31-22/h5,9-10,16,19,22H,3-4,6-8,11-15,17-18H2,1-2H3,(H,27,30)(H2,25,26,28). The molecule has 2 aliphatic heterocycles. The van der Waals surface area contributed by atoms with Crippen LogP contribution in [0.2, 0.25) is 0 Å². The topological polar surface area (TPSA) is 78.0 Å². The second kappa shape index (κ2) is 12.7. The molecule has 7 nitrogen and oxygen atoms in total. The van der Waals surface area contributed by atoms with E-state index in [1.807, 2.05) is 24.3 Å². The Bertz CT molecular complexity index is 718. The molecule has 0 aromatic heterocycles. The highest BCUT2D eigenvalue weighted by atomic mass is 16.5. The van der Waals surface area contributed by atoms with Crippen LogP contribution in [0.15, 0.2) is 29.3 Å². The Morgan fingerprint density at radius 3 is 2.87 bits per heavy atom. The van der Waals surface area contributed by atoms with Crippen molar-refractivity contribution in [1.29, 1.82) is 0 Å². The van der Waals surface area contributed by atoms with Gasteiger partial charge in [0, 0.05) is 51.4 Å². The summed E-state index contributed by atoms with van der Waals surface area (Å²) in [6.07, 6.45) is 7.37. The van der Waals surface area contributed by atoms with E-state index in [9.17, 15) is 4.79 Å². The number of likely N-dealkylation sites (tertiary alicyclic amines) is 1. The van der Waals surface area contributed by atoms with Gasteiger partial charge in [-0.1, -0.05) is 18.6 Å². The first kappa shape index (κ1) is 23.5. The van der Waals surface area contributed by atoms with Crippen LogP contribution in [0, 0.1) is 0 Å². The molecule has 3 N–H and O–H groups in total. The maximum Gasteiger partial charge on any atom is 0.251 e. The molecule has 31 heavy (non-hydrogen) atoms. The van der Waals surface area contributed by atoms with Crippen molar-refractivity contribution in [3.8, 4) is 0 Å². The number of carbonyl (C=O) groups is 1. The van der Waals surface area contributed by atoms with Crippen molar-refractivity contribution in [2.75, 3.05) is 39.8 Å². The average molecular weight is 430 g/mol. The first-order valence-corrected chi connectivity index (χ1v) is 11.8. The lowest BCUT2D eigenvalue weighted by Gasteiger charge is -2.33. The van der Waals surface area contributed by atoms with E-state index < -0.39 is 0 Å². The summed E-state index contributed by atoms with van der Waals surface area (Å²) in [4.78, 5) is 19.4. The van der Waals surface area contributed by atoms with Gasteiger partial charge in [0.1, 0.15) is 0 Å². The van der Waals surface area contributed by atoms with Crippen LogP contribution in [-0.4, -0.2) is 68.7 Å². The number of rotatable bonds is 9. The number of guanidine groups is 1. The van der Waals surface area contributed by atoms with Crippen LogP contribution in [0.25, 0.3) is 0 Å². The minimum absolute atomic E-state index is 0.0493. The maximum atomic E-state index is 12.4. The molecule has 2 unspecified atom stereocenters. The van der Waals surface area contributed by atoms with Crippen molar-refractivity contribution >= 4 is 11.9 Å². The van der Waals surface area contributed by atoms with Gasteiger partial charge in [-0.15, -0.1) is 0 Å². The molecule has 1 amide bonds. The summed E-state index contributed by atoms with van der Waals surface area (Å²) in [7, 11) is 1.79.